The Labute approximate surface area is 120 Å². The number of ketones is 1. The number of rotatable bonds is 7. The van der Waals surface area contributed by atoms with Gasteiger partial charge in [0.05, 0.1) is 0 Å². The van der Waals surface area contributed by atoms with Crippen molar-refractivity contribution in [3.8, 4) is 5.75 Å². The molecule has 0 N–H and O–H groups in total. The standard InChI is InChI=1S/C16H23NO3/c1-12(2)17(4)16(19)11-20-15-9-7-14(8-10-15)6-5-13(3)18/h7-10,12H,5-6,11H2,1-4H3. The smallest absolute Gasteiger partial charge is 0.260 e. The van der Waals surface area contributed by atoms with Gasteiger partial charge in [-0.05, 0) is 44.9 Å². The van der Waals surface area contributed by atoms with Gasteiger partial charge < -0.3 is 14.4 Å². The molecule has 0 aromatic heterocycles. The van der Waals surface area contributed by atoms with Crippen molar-refractivity contribution < 1.29 is 14.3 Å². The van der Waals surface area contributed by atoms with Crippen molar-refractivity contribution in [3.05, 3.63) is 29.8 Å². The fraction of sp³-hybridized carbons (Fsp3) is 0.500. The first-order chi connectivity index (χ1) is 9.40. The summed E-state index contributed by atoms with van der Waals surface area (Å²) in [6, 6.07) is 7.68. The molecule has 4 heteroatoms. The molecule has 0 saturated heterocycles. The number of Topliss-reactive ketones (excluding diaryl/α,β-unsaturated/α-hetero) is 1. The van der Waals surface area contributed by atoms with E-state index in [0.29, 0.717) is 12.2 Å². The van der Waals surface area contributed by atoms with Crippen LogP contribution in [-0.4, -0.2) is 36.3 Å². The van der Waals surface area contributed by atoms with Crippen LogP contribution in [0.5, 0.6) is 5.75 Å². The van der Waals surface area contributed by atoms with E-state index in [-0.39, 0.29) is 24.3 Å². The third-order valence-corrected chi connectivity index (χ3v) is 3.22. The lowest BCUT2D eigenvalue weighted by Gasteiger charge is -2.21. The van der Waals surface area contributed by atoms with Crippen LogP contribution < -0.4 is 4.74 Å². The molecule has 1 aromatic rings. The number of hydrogen-bond donors (Lipinski definition) is 0. The first-order valence-electron chi connectivity index (χ1n) is 6.87. The maximum Gasteiger partial charge on any atom is 0.260 e. The average Bonchev–Trinajstić information content (AvgIpc) is 2.42. The molecule has 4 nitrogen and oxygen atoms in total. The lowest BCUT2D eigenvalue weighted by molar-refractivity contribution is -0.133. The lowest BCUT2D eigenvalue weighted by atomic mass is 10.1. The highest BCUT2D eigenvalue weighted by Crippen LogP contribution is 2.13. The van der Waals surface area contributed by atoms with Gasteiger partial charge in [0.15, 0.2) is 6.61 Å². The maximum absolute atomic E-state index is 11.8. The van der Waals surface area contributed by atoms with Crippen LogP contribution in [0.4, 0.5) is 0 Å². The number of aryl methyl sites for hydroxylation is 1. The third-order valence-electron chi connectivity index (χ3n) is 3.22. The van der Waals surface area contributed by atoms with Gasteiger partial charge in [-0.25, -0.2) is 0 Å². The Kier molecular flexibility index (Phi) is 6.22. The molecule has 0 fully saturated rings. The van der Waals surface area contributed by atoms with Crippen LogP contribution >= 0.6 is 0 Å². The van der Waals surface area contributed by atoms with Crippen molar-refractivity contribution in [2.75, 3.05) is 13.7 Å². The number of hydrogen-bond acceptors (Lipinski definition) is 3. The zero-order valence-electron chi connectivity index (χ0n) is 12.7. The number of carbonyl (C=O) groups excluding carboxylic acids is 2. The van der Waals surface area contributed by atoms with Gasteiger partial charge >= 0.3 is 0 Å². The summed E-state index contributed by atoms with van der Waals surface area (Å²) >= 11 is 0. The predicted molar refractivity (Wildman–Crippen MR) is 78.8 cm³/mol. The summed E-state index contributed by atoms with van der Waals surface area (Å²) in [4.78, 5) is 24.3. The summed E-state index contributed by atoms with van der Waals surface area (Å²) < 4.78 is 5.46. The summed E-state index contributed by atoms with van der Waals surface area (Å²) in [6.07, 6.45) is 1.29. The van der Waals surface area contributed by atoms with E-state index in [2.05, 4.69) is 0 Å². The van der Waals surface area contributed by atoms with Gasteiger partial charge in [0.25, 0.3) is 5.91 Å². The fourth-order valence-corrected chi connectivity index (χ4v) is 1.61. The highest BCUT2D eigenvalue weighted by molar-refractivity contribution is 5.77. The van der Waals surface area contributed by atoms with Crippen molar-refractivity contribution >= 4 is 11.7 Å². The molecule has 0 heterocycles. The molecule has 0 bridgehead atoms. The minimum Gasteiger partial charge on any atom is -0.484 e. The topological polar surface area (TPSA) is 46.6 Å². The molecule has 1 rings (SSSR count). The van der Waals surface area contributed by atoms with Gasteiger partial charge in [0.1, 0.15) is 11.5 Å². The summed E-state index contributed by atoms with van der Waals surface area (Å²) in [5.74, 6) is 0.815. The fourth-order valence-electron chi connectivity index (χ4n) is 1.61. The Balaban J connectivity index is 2.45. The maximum atomic E-state index is 11.8. The minimum atomic E-state index is -0.0411. The second-order valence-electron chi connectivity index (χ2n) is 5.23. The summed E-state index contributed by atoms with van der Waals surface area (Å²) in [6.45, 7) is 5.55. The molecule has 0 aliphatic carbocycles. The number of nitrogens with zero attached hydrogens (tertiary/aromatic N) is 1. The SMILES string of the molecule is CC(=O)CCc1ccc(OCC(=O)N(C)C(C)C)cc1. The monoisotopic (exact) mass is 277 g/mol. The molecule has 0 unspecified atom stereocenters. The van der Waals surface area contributed by atoms with E-state index in [0.717, 1.165) is 12.0 Å². The number of likely N-dealkylation sites (N-methyl/N-ethyl adjacent to an activating group) is 1. The van der Waals surface area contributed by atoms with Gasteiger partial charge in [-0.2, -0.15) is 0 Å². The molecule has 0 saturated carbocycles. The Bertz CT molecular complexity index is 451. The van der Waals surface area contributed by atoms with Crippen LogP contribution in [0.3, 0.4) is 0 Å². The summed E-state index contributed by atoms with van der Waals surface area (Å²) in [5.41, 5.74) is 1.10. The largest absolute Gasteiger partial charge is 0.484 e. The molecule has 0 spiro atoms. The van der Waals surface area contributed by atoms with E-state index in [1.807, 2.05) is 38.1 Å². The Hall–Kier alpha value is -1.84. The van der Waals surface area contributed by atoms with Crippen molar-refractivity contribution in [3.63, 3.8) is 0 Å². The second kappa shape index (κ2) is 7.68. The van der Waals surface area contributed by atoms with Crippen LogP contribution in [0.15, 0.2) is 24.3 Å². The van der Waals surface area contributed by atoms with Crippen LogP contribution in [0.1, 0.15) is 32.8 Å². The molecule has 110 valence electrons. The Morgan fingerprint density at radius 3 is 2.30 bits per heavy atom. The Morgan fingerprint density at radius 2 is 1.80 bits per heavy atom. The van der Waals surface area contributed by atoms with Gasteiger partial charge in [0.2, 0.25) is 0 Å². The molecular formula is C16H23NO3. The number of carbonyl (C=O) groups is 2. The quantitative estimate of drug-likeness (QED) is 0.769. The van der Waals surface area contributed by atoms with E-state index in [4.69, 9.17) is 4.74 Å². The molecule has 0 aliphatic heterocycles. The average molecular weight is 277 g/mol. The highest BCUT2D eigenvalue weighted by atomic mass is 16.5. The van der Waals surface area contributed by atoms with E-state index in [1.165, 1.54) is 0 Å². The van der Waals surface area contributed by atoms with Crippen LogP contribution in [0.25, 0.3) is 0 Å². The first kappa shape index (κ1) is 16.2. The van der Waals surface area contributed by atoms with Crippen molar-refractivity contribution in [2.24, 2.45) is 0 Å². The zero-order chi connectivity index (χ0) is 15.1. The van der Waals surface area contributed by atoms with E-state index >= 15 is 0 Å². The first-order valence-corrected chi connectivity index (χ1v) is 6.87. The summed E-state index contributed by atoms with van der Waals surface area (Å²) in [7, 11) is 1.77. The minimum absolute atomic E-state index is 0.0411. The highest BCUT2D eigenvalue weighted by Gasteiger charge is 2.12. The molecule has 20 heavy (non-hydrogen) atoms. The molecular weight excluding hydrogens is 254 g/mol. The second-order valence-corrected chi connectivity index (χ2v) is 5.23. The van der Waals surface area contributed by atoms with Gasteiger partial charge in [-0.1, -0.05) is 12.1 Å². The molecule has 0 aliphatic rings. The van der Waals surface area contributed by atoms with Gasteiger partial charge in [0, 0.05) is 19.5 Å². The number of amides is 1. The normalized spacial score (nSPS) is 10.4. The van der Waals surface area contributed by atoms with Crippen molar-refractivity contribution in [1.82, 2.24) is 4.90 Å². The summed E-state index contributed by atoms with van der Waals surface area (Å²) in [5, 5.41) is 0. The Morgan fingerprint density at radius 1 is 1.20 bits per heavy atom. The van der Waals surface area contributed by atoms with Crippen molar-refractivity contribution in [1.29, 1.82) is 0 Å². The van der Waals surface area contributed by atoms with Gasteiger partial charge in [-0.15, -0.1) is 0 Å². The number of ether oxygens (including phenoxy) is 1. The molecule has 1 amide bonds. The number of benzene rings is 1. The van der Waals surface area contributed by atoms with E-state index < -0.39 is 0 Å². The van der Waals surface area contributed by atoms with E-state index in [9.17, 15) is 9.59 Å². The van der Waals surface area contributed by atoms with Crippen molar-refractivity contribution in [2.45, 2.75) is 39.7 Å². The third kappa shape index (κ3) is 5.43. The predicted octanol–water partition coefficient (Wildman–Crippen LogP) is 2.45. The zero-order valence-corrected chi connectivity index (χ0v) is 12.7. The van der Waals surface area contributed by atoms with Crippen LogP contribution in [-0.2, 0) is 16.0 Å². The molecule has 0 atom stereocenters. The van der Waals surface area contributed by atoms with Gasteiger partial charge in [-0.3, -0.25) is 4.79 Å². The van der Waals surface area contributed by atoms with E-state index in [1.54, 1.807) is 18.9 Å². The lowest BCUT2D eigenvalue weighted by Crippen LogP contribution is -2.36. The van der Waals surface area contributed by atoms with Crippen LogP contribution in [0.2, 0.25) is 0 Å². The molecule has 1 aromatic carbocycles. The van der Waals surface area contributed by atoms with Crippen LogP contribution in [0, 0.1) is 0 Å². The molecule has 0 radical (unpaired) electrons.